The fourth-order valence-corrected chi connectivity index (χ4v) is 1.65. The Balaban J connectivity index is 3.42. The van der Waals surface area contributed by atoms with Gasteiger partial charge < -0.3 is 4.74 Å². The van der Waals surface area contributed by atoms with Gasteiger partial charge in [0, 0.05) is 5.56 Å². The fraction of sp³-hybridized carbons (Fsp3) is 0.417. The number of para-hydroxylation sites is 1. The van der Waals surface area contributed by atoms with Gasteiger partial charge in [0.25, 0.3) is 5.24 Å². The van der Waals surface area contributed by atoms with Crippen LogP contribution in [0.15, 0.2) is 18.2 Å². The number of hydrogen-bond donors (Lipinski definition) is 0. The van der Waals surface area contributed by atoms with Crippen LogP contribution < -0.4 is 4.74 Å². The van der Waals surface area contributed by atoms with Crippen molar-refractivity contribution in [3.63, 3.8) is 0 Å². The van der Waals surface area contributed by atoms with Crippen molar-refractivity contribution in [2.75, 3.05) is 7.11 Å². The highest BCUT2D eigenvalue weighted by molar-refractivity contribution is 6.68. The third kappa shape index (κ3) is 2.51. The standard InChI is InChI=1S/C12H15ClO2/c1-12(2,3)9-7-5-6-8(11(13)14)10(9)15-4/h5-7H,1-4H3. The van der Waals surface area contributed by atoms with E-state index in [0.29, 0.717) is 11.3 Å². The first kappa shape index (κ1) is 12.1. The number of carbonyl (C=O) groups excluding carboxylic acids is 1. The van der Waals surface area contributed by atoms with Crippen molar-refractivity contribution in [1.29, 1.82) is 0 Å². The number of methoxy groups -OCH3 is 1. The van der Waals surface area contributed by atoms with E-state index in [-0.39, 0.29) is 5.41 Å². The van der Waals surface area contributed by atoms with Gasteiger partial charge in [-0.2, -0.15) is 0 Å². The van der Waals surface area contributed by atoms with E-state index in [1.54, 1.807) is 13.2 Å². The van der Waals surface area contributed by atoms with E-state index >= 15 is 0 Å². The lowest BCUT2D eigenvalue weighted by Crippen LogP contribution is -2.14. The summed E-state index contributed by atoms with van der Waals surface area (Å²) in [4.78, 5) is 11.2. The Morgan fingerprint density at radius 3 is 2.33 bits per heavy atom. The Kier molecular flexibility index (Phi) is 3.40. The number of benzene rings is 1. The topological polar surface area (TPSA) is 26.3 Å². The lowest BCUT2D eigenvalue weighted by atomic mass is 9.85. The van der Waals surface area contributed by atoms with Crippen molar-refractivity contribution in [2.24, 2.45) is 0 Å². The highest BCUT2D eigenvalue weighted by atomic mass is 35.5. The van der Waals surface area contributed by atoms with Crippen molar-refractivity contribution < 1.29 is 9.53 Å². The zero-order valence-electron chi connectivity index (χ0n) is 9.43. The van der Waals surface area contributed by atoms with Crippen LogP contribution in [0.3, 0.4) is 0 Å². The summed E-state index contributed by atoms with van der Waals surface area (Å²) in [7, 11) is 1.55. The molecule has 0 saturated carbocycles. The average Bonchev–Trinajstić information content (AvgIpc) is 2.15. The zero-order valence-corrected chi connectivity index (χ0v) is 10.2. The second-order valence-corrected chi connectivity index (χ2v) is 4.75. The third-order valence-electron chi connectivity index (χ3n) is 2.24. The summed E-state index contributed by atoms with van der Waals surface area (Å²) in [5, 5.41) is -0.488. The van der Waals surface area contributed by atoms with Gasteiger partial charge >= 0.3 is 0 Å². The van der Waals surface area contributed by atoms with Crippen molar-refractivity contribution in [3.8, 4) is 5.75 Å². The molecule has 2 nitrogen and oxygen atoms in total. The number of carbonyl (C=O) groups is 1. The van der Waals surface area contributed by atoms with Gasteiger partial charge in [0.1, 0.15) is 5.75 Å². The van der Waals surface area contributed by atoms with Crippen LogP contribution in [0.5, 0.6) is 5.75 Å². The number of rotatable bonds is 2. The Labute approximate surface area is 95.2 Å². The average molecular weight is 227 g/mol. The number of ether oxygens (including phenoxy) is 1. The van der Waals surface area contributed by atoms with Crippen LogP contribution in [-0.2, 0) is 5.41 Å². The van der Waals surface area contributed by atoms with Crippen LogP contribution in [0.2, 0.25) is 0 Å². The summed E-state index contributed by atoms with van der Waals surface area (Å²) in [5.74, 6) is 0.574. The minimum Gasteiger partial charge on any atom is -0.496 e. The monoisotopic (exact) mass is 226 g/mol. The maximum absolute atomic E-state index is 11.2. The Morgan fingerprint density at radius 2 is 1.93 bits per heavy atom. The predicted octanol–water partition coefficient (Wildman–Crippen LogP) is 3.37. The van der Waals surface area contributed by atoms with Crippen molar-refractivity contribution in [1.82, 2.24) is 0 Å². The van der Waals surface area contributed by atoms with Crippen LogP contribution in [0.4, 0.5) is 0 Å². The van der Waals surface area contributed by atoms with E-state index in [1.807, 2.05) is 12.1 Å². The summed E-state index contributed by atoms with van der Waals surface area (Å²) in [5.41, 5.74) is 1.33. The maximum Gasteiger partial charge on any atom is 0.256 e. The molecule has 0 aliphatic rings. The Morgan fingerprint density at radius 1 is 1.33 bits per heavy atom. The van der Waals surface area contributed by atoms with Gasteiger partial charge in [-0.3, -0.25) is 4.79 Å². The van der Waals surface area contributed by atoms with E-state index in [2.05, 4.69) is 20.8 Å². The van der Waals surface area contributed by atoms with Crippen LogP contribution in [0.1, 0.15) is 36.7 Å². The van der Waals surface area contributed by atoms with E-state index in [0.717, 1.165) is 5.56 Å². The first-order valence-corrected chi connectivity index (χ1v) is 5.13. The zero-order chi connectivity index (χ0) is 11.6. The summed E-state index contributed by atoms with van der Waals surface area (Å²) >= 11 is 5.49. The molecule has 0 unspecified atom stereocenters. The first-order chi connectivity index (χ1) is 6.88. The van der Waals surface area contributed by atoms with E-state index in [9.17, 15) is 4.79 Å². The predicted molar refractivity (Wildman–Crippen MR) is 61.9 cm³/mol. The molecular formula is C12H15ClO2. The molecule has 1 aromatic rings. The van der Waals surface area contributed by atoms with Gasteiger partial charge in [-0.25, -0.2) is 0 Å². The highest BCUT2D eigenvalue weighted by Crippen LogP contribution is 2.34. The normalized spacial score (nSPS) is 11.3. The molecule has 0 aromatic heterocycles. The molecule has 0 amide bonds. The minimum atomic E-state index is -0.488. The first-order valence-electron chi connectivity index (χ1n) is 4.75. The van der Waals surface area contributed by atoms with Crippen molar-refractivity contribution >= 4 is 16.8 Å². The van der Waals surface area contributed by atoms with Gasteiger partial charge in [-0.15, -0.1) is 0 Å². The summed E-state index contributed by atoms with van der Waals surface area (Å²) in [6, 6.07) is 5.43. The summed E-state index contributed by atoms with van der Waals surface area (Å²) < 4.78 is 5.26. The molecule has 82 valence electrons. The molecule has 0 aliphatic carbocycles. The Bertz CT molecular complexity index is 378. The molecule has 0 spiro atoms. The van der Waals surface area contributed by atoms with Crippen LogP contribution >= 0.6 is 11.6 Å². The van der Waals surface area contributed by atoms with Gasteiger partial charge in [-0.1, -0.05) is 32.9 Å². The number of hydrogen-bond acceptors (Lipinski definition) is 2. The highest BCUT2D eigenvalue weighted by Gasteiger charge is 2.22. The van der Waals surface area contributed by atoms with Crippen molar-refractivity contribution in [3.05, 3.63) is 29.3 Å². The molecule has 0 aliphatic heterocycles. The van der Waals surface area contributed by atoms with Crippen LogP contribution in [0, 0.1) is 0 Å². The third-order valence-corrected chi connectivity index (χ3v) is 2.44. The van der Waals surface area contributed by atoms with Crippen molar-refractivity contribution in [2.45, 2.75) is 26.2 Å². The lowest BCUT2D eigenvalue weighted by Gasteiger charge is -2.22. The quantitative estimate of drug-likeness (QED) is 0.723. The van der Waals surface area contributed by atoms with Crippen LogP contribution in [-0.4, -0.2) is 12.4 Å². The molecule has 0 saturated heterocycles. The Hall–Kier alpha value is -1.02. The molecule has 1 aromatic carbocycles. The largest absolute Gasteiger partial charge is 0.496 e. The number of halogens is 1. The van der Waals surface area contributed by atoms with Gasteiger partial charge in [0.2, 0.25) is 0 Å². The molecule has 0 atom stereocenters. The molecule has 1 rings (SSSR count). The molecule has 0 fully saturated rings. The fourth-order valence-electron chi connectivity index (χ4n) is 1.50. The molecule has 15 heavy (non-hydrogen) atoms. The second-order valence-electron chi connectivity index (χ2n) is 4.41. The molecule has 0 N–H and O–H groups in total. The van der Waals surface area contributed by atoms with Gasteiger partial charge in [-0.05, 0) is 23.1 Å². The van der Waals surface area contributed by atoms with Gasteiger partial charge in [0.15, 0.2) is 0 Å². The smallest absolute Gasteiger partial charge is 0.256 e. The SMILES string of the molecule is COc1c(C(=O)Cl)cccc1C(C)(C)C. The molecule has 0 heterocycles. The molecule has 0 radical (unpaired) electrons. The van der Waals surface area contributed by atoms with E-state index < -0.39 is 5.24 Å². The second kappa shape index (κ2) is 4.23. The lowest BCUT2D eigenvalue weighted by molar-refractivity contribution is 0.107. The molecule has 0 bridgehead atoms. The van der Waals surface area contributed by atoms with E-state index in [1.165, 1.54) is 0 Å². The maximum atomic E-state index is 11.2. The molecule has 3 heteroatoms. The minimum absolute atomic E-state index is 0.0757. The van der Waals surface area contributed by atoms with Gasteiger partial charge in [0.05, 0.1) is 12.7 Å². The van der Waals surface area contributed by atoms with Crippen LogP contribution in [0.25, 0.3) is 0 Å². The molecular weight excluding hydrogens is 212 g/mol. The van der Waals surface area contributed by atoms with E-state index in [4.69, 9.17) is 16.3 Å². The summed E-state index contributed by atoms with van der Waals surface area (Å²) in [6.07, 6.45) is 0. The summed E-state index contributed by atoms with van der Waals surface area (Å²) in [6.45, 7) is 6.19.